The van der Waals surface area contributed by atoms with E-state index in [0.717, 1.165) is 31.9 Å². The van der Waals surface area contributed by atoms with Crippen molar-refractivity contribution >= 4 is 0 Å². The SMILES string of the molecule is CCNC(Cc1ccn(C)n1)c1ccc2c(c1)COC2. The van der Waals surface area contributed by atoms with Crippen molar-refractivity contribution in [2.24, 2.45) is 7.05 Å². The summed E-state index contributed by atoms with van der Waals surface area (Å²) in [5.74, 6) is 0. The van der Waals surface area contributed by atoms with Crippen molar-refractivity contribution in [3.8, 4) is 0 Å². The second-order valence-electron chi connectivity index (χ2n) is 5.32. The quantitative estimate of drug-likeness (QED) is 0.907. The maximum absolute atomic E-state index is 5.50. The van der Waals surface area contributed by atoms with E-state index < -0.39 is 0 Å². The highest BCUT2D eigenvalue weighted by atomic mass is 16.5. The van der Waals surface area contributed by atoms with Crippen LogP contribution >= 0.6 is 0 Å². The van der Waals surface area contributed by atoms with Crippen LogP contribution in [-0.2, 0) is 31.4 Å². The van der Waals surface area contributed by atoms with Crippen molar-refractivity contribution in [3.63, 3.8) is 0 Å². The first-order chi connectivity index (χ1) is 9.76. The number of hydrogen-bond donors (Lipinski definition) is 1. The van der Waals surface area contributed by atoms with Gasteiger partial charge in [-0.2, -0.15) is 5.10 Å². The van der Waals surface area contributed by atoms with Crippen LogP contribution in [0.1, 0.15) is 35.3 Å². The van der Waals surface area contributed by atoms with Crippen molar-refractivity contribution in [2.45, 2.75) is 32.6 Å². The van der Waals surface area contributed by atoms with Gasteiger partial charge in [0, 0.05) is 25.7 Å². The van der Waals surface area contributed by atoms with Crippen molar-refractivity contribution in [1.29, 1.82) is 0 Å². The number of aryl methyl sites for hydroxylation is 1. The van der Waals surface area contributed by atoms with Crippen LogP contribution in [0.3, 0.4) is 0 Å². The lowest BCUT2D eigenvalue weighted by Gasteiger charge is -2.18. The van der Waals surface area contributed by atoms with E-state index in [1.807, 2.05) is 17.9 Å². The number of aromatic nitrogens is 2. The molecule has 1 N–H and O–H groups in total. The molecule has 2 heterocycles. The topological polar surface area (TPSA) is 39.1 Å². The number of rotatable bonds is 5. The molecule has 0 radical (unpaired) electrons. The molecule has 1 unspecified atom stereocenters. The van der Waals surface area contributed by atoms with E-state index >= 15 is 0 Å². The third kappa shape index (κ3) is 2.76. The van der Waals surface area contributed by atoms with Gasteiger partial charge in [0.15, 0.2) is 0 Å². The zero-order valence-electron chi connectivity index (χ0n) is 12.1. The summed E-state index contributed by atoms with van der Waals surface area (Å²) in [7, 11) is 1.96. The third-order valence-corrected chi connectivity index (χ3v) is 3.78. The first-order valence-corrected chi connectivity index (χ1v) is 7.17. The number of likely N-dealkylation sites (N-methyl/N-ethyl adjacent to an activating group) is 1. The van der Waals surface area contributed by atoms with Gasteiger partial charge in [0.2, 0.25) is 0 Å². The molecule has 3 rings (SSSR count). The molecule has 106 valence electrons. The molecule has 0 saturated heterocycles. The van der Waals surface area contributed by atoms with Crippen LogP contribution in [0.4, 0.5) is 0 Å². The van der Waals surface area contributed by atoms with E-state index in [2.05, 4.69) is 41.6 Å². The third-order valence-electron chi connectivity index (χ3n) is 3.78. The lowest BCUT2D eigenvalue weighted by Crippen LogP contribution is -2.23. The minimum atomic E-state index is 0.306. The molecule has 1 atom stereocenters. The minimum absolute atomic E-state index is 0.306. The maximum atomic E-state index is 5.50. The van der Waals surface area contributed by atoms with Gasteiger partial charge in [0.05, 0.1) is 18.9 Å². The first kappa shape index (κ1) is 13.3. The summed E-state index contributed by atoms with van der Waals surface area (Å²) < 4.78 is 7.35. The Morgan fingerprint density at radius 1 is 1.30 bits per heavy atom. The van der Waals surface area contributed by atoms with Crippen LogP contribution in [0, 0.1) is 0 Å². The highest BCUT2D eigenvalue weighted by Crippen LogP contribution is 2.25. The molecule has 20 heavy (non-hydrogen) atoms. The molecule has 2 aromatic rings. The molecule has 4 heteroatoms. The average molecular weight is 271 g/mol. The van der Waals surface area contributed by atoms with Gasteiger partial charge in [-0.25, -0.2) is 0 Å². The zero-order valence-corrected chi connectivity index (χ0v) is 12.1. The molecular weight excluding hydrogens is 250 g/mol. The number of nitrogens with zero attached hydrogens (tertiary/aromatic N) is 2. The molecule has 1 aliphatic rings. The molecule has 1 aromatic carbocycles. The van der Waals surface area contributed by atoms with Gasteiger partial charge in [-0.05, 0) is 29.3 Å². The summed E-state index contributed by atoms with van der Waals surface area (Å²) in [6.07, 6.45) is 2.91. The summed E-state index contributed by atoms with van der Waals surface area (Å²) in [6.45, 7) is 4.58. The smallest absolute Gasteiger partial charge is 0.0725 e. The minimum Gasteiger partial charge on any atom is -0.372 e. The lowest BCUT2D eigenvalue weighted by atomic mass is 9.98. The average Bonchev–Trinajstić information content (AvgIpc) is 3.06. The van der Waals surface area contributed by atoms with E-state index in [4.69, 9.17) is 4.74 Å². The van der Waals surface area contributed by atoms with Gasteiger partial charge in [-0.3, -0.25) is 4.68 Å². The summed E-state index contributed by atoms with van der Waals surface area (Å²) in [5, 5.41) is 8.04. The van der Waals surface area contributed by atoms with E-state index in [9.17, 15) is 0 Å². The molecule has 0 fully saturated rings. The Morgan fingerprint density at radius 2 is 2.15 bits per heavy atom. The number of benzene rings is 1. The molecule has 0 bridgehead atoms. The molecule has 0 aliphatic carbocycles. The highest BCUT2D eigenvalue weighted by Gasteiger charge is 2.17. The van der Waals surface area contributed by atoms with Gasteiger partial charge in [0.1, 0.15) is 0 Å². The Balaban J connectivity index is 1.82. The largest absolute Gasteiger partial charge is 0.372 e. The molecule has 4 nitrogen and oxygen atoms in total. The monoisotopic (exact) mass is 271 g/mol. The van der Waals surface area contributed by atoms with Gasteiger partial charge in [-0.15, -0.1) is 0 Å². The van der Waals surface area contributed by atoms with E-state index in [1.165, 1.54) is 16.7 Å². The molecule has 1 aliphatic heterocycles. The Morgan fingerprint density at radius 3 is 2.90 bits per heavy atom. The van der Waals surface area contributed by atoms with Crippen molar-refractivity contribution in [1.82, 2.24) is 15.1 Å². The second kappa shape index (κ2) is 5.77. The van der Waals surface area contributed by atoms with E-state index in [0.29, 0.717) is 6.04 Å². The Labute approximate surface area is 119 Å². The highest BCUT2D eigenvalue weighted by molar-refractivity contribution is 5.35. The zero-order chi connectivity index (χ0) is 13.9. The van der Waals surface area contributed by atoms with Crippen molar-refractivity contribution < 1.29 is 4.74 Å². The summed E-state index contributed by atoms with van der Waals surface area (Å²) >= 11 is 0. The first-order valence-electron chi connectivity index (χ1n) is 7.17. The van der Waals surface area contributed by atoms with Crippen LogP contribution in [0.15, 0.2) is 30.5 Å². The van der Waals surface area contributed by atoms with Crippen LogP contribution in [0.2, 0.25) is 0 Å². The van der Waals surface area contributed by atoms with Crippen molar-refractivity contribution in [3.05, 3.63) is 52.8 Å². The van der Waals surface area contributed by atoms with Crippen LogP contribution in [0.5, 0.6) is 0 Å². The van der Waals surface area contributed by atoms with Crippen molar-refractivity contribution in [2.75, 3.05) is 6.54 Å². The standard InChI is InChI=1S/C16H21N3O/c1-3-17-16(9-15-6-7-19(2)18-15)12-4-5-13-10-20-11-14(13)8-12/h4-8,16-17H,3,9-11H2,1-2H3. The summed E-state index contributed by atoms with van der Waals surface area (Å²) in [4.78, 5) is 0. The Kier molecular flexibility index (Phi) is 3.85. The summed E-state index contributed by atoms with van der Waals surface area (Å²) in [5.41, 5.74) is 5.09. The fourth-order valence-corrected chi connectivity index (χ4v) is 2.74. The lowest BCUT2D eigenvalue weighted by molar-refractivity contribution is 0.134. The molecular formula is C16H21N3O. The number of ether oxygens (including phenoxy) is 1. The number of nitrogens with one attached hydrogen (secondary N) is 1. The second-order valence-corrected chi connectivity index (χ2v) is 5.32. The van der Waals surface area contributed by atoms with Gasteiger partial charge in [0.25, 0.3) is 0 Å². The molecule has 1 aromatic heterocycles. The summed E-state index contributed by atoms with van der Waals surface area (Å²) in [6, 6.07) is 9.07. The fourth-order valence-electron chi connectivity index (χ4n) is 2.74. The fraction of sp³-hybridized carbons (Fsp3) is 0.438. The van der Waals surface area contributed by atoms with E-state index in [1.54, 1.807) is 0 Å². The van der Waals surface area contributed by atoms with Gasteiger partial charge in [-0.1, -0.05) is 25.1 Å². The van der Waals surface area contributed by atoms with Gasteiger partial charge >= 0.3 is 0 Å². The van der Waals surface area contributed by atoms with Crippen LogP contribution in [-0.4, -0.2) is 16.3 Å². The normalized spacial score (nSPS) is 15.3. The number of hydrogen-bond acceptors (Lipinski definition) is 3. The predicted molar refractivity (Wildman–Crippen MR) is 78.3 cm³/mol. The van der Waals surface area contributed by atoms with Crippen LogP contribution < -0.4 is 5.32 Å². The number of fused-ring (bicyclic) bond motifs is 1. The molecule has 0 saturated carbocycles. The maximum Gasteiger partial charge on any atom is 0.0725 e. The molecule has 0 amide bonds. The van der Waals surface area contributed by atoms with E-state index in [-0.39, 0.29) is 0 Å². The predicted octanol–water partition coefficient (Wildman–Crippen LogP) is 2.34. The Bertz CT molecular complexity index is 591. The Hall–Kier alpha value is -1.65. The molecule has 0 spiro atoms. The van der Waals surface area contributed by atoms with Crippen LogP contribution in [0.25, 0.3) is 0 Å². The van der Waals surface area contributed by atoms with Gasteiger partial charge < -0.3 is 10.1 Å².